The van der Waals surface area contributed by atoms with E-state index in [-0.39, 0.29) is 26.2 Å². The SMILES string of the molecule is CCCC(C(=O)OC(C)(C)C)(C(=O)OC(C)(C)C)[Si](OCC)(OCC)OCC. The summed E-state index contributed by atoms with van der Waals surface area (Å²) in [6.07, 6.45) is 0.656. The van der Waals surface area contributed by atoms with Crippen LogP contribution in [-0.4, -0.2) is 51.8 Å². The Bertz CT molecular complexity index is 461. The van der Waals surface area contributed by atoms with Gasteiger partial charge in [0.05, 0.1) is 0 Å². The highest BCUT2D eigenvalue weighted by molar-refractivity contribution is 6.73. The minimum atomic E-state index is -3.87. The molecule has 7 nitrogen and oxygen atoms in total. The molecule has 0 heterocycles. The molecule has 0 aliphatic heterocycles. The van der Waals surface area contributed by atoms with Crippen molar-refractivity contribution in [1.29, 1.82) is 0 Å². The third kappa shape index (κ3) is 6.83. The zero-order valence-corrected chi connectivity index (χ0v) is 20.4. The zero-order valence-electron chi connectivity index (χ0n) is 19.4. The van der Waals surface area contributed by atoms with Gasteiger partial charge in [0.2, 0.25) is 5.04 Å². The van der Waals surface area contributed by atoms with Gasteiger partial charge >= 0.3 is 20.7 Å². The van der Waals surface area contributed by atoms with Crippen molar-refractivity contribution in [3.05, 3.63) is 0 Å². The highest BCUT2D eigenvalue weighted by Crippen LogP contribution is 2.48. The quantitative estimate of drug-likeness (QED) is 0.281. The van der Waals surface area contributed by atoms with Crippen LogP contribution in [-0.2, 0) is 32.3 Å². The van der Waals surface area contributed by atoms with Crippen LogP contribution in [0.2, 0.25) is 5.04 Å². The number of ether oxygens (including phenoxy) is 2. The number of hydrogen-bond acceptors (Lipinski definition) is 7. The van der Waals surface area contributed by atoms with Crippen molar-refractivity contribution in [2.75, 3.05) is 19.8 Å². The topological polar surface area (TPSA) is 80.3 Å². The minimum absolute atomic E-state index is 0.142. The highest BCUT2D eigenvalue weighted by atomic mass is 28.4. The summed E-state index contributed by atoms with van der Waals surface area (Å²) in [5, 5.41) is -1.80. The van der Waals surface area contributed by atoms with Crippen LogP contribution in [0.5, 0.6) is 0 Å². The lowest BCUT2D eigenvalue weighted by Gasteiger charge is -2.43. The van der Waals surface area contributed by atoms with Crippen LogP contribution in [0.3, 0.4) is 0 Å². The summed E-state index contributed by atoms with van der Waals surface area (Å²) in [7, 11) is -3.87. The van der Waals surface area contributed by atoms with Gasteiger partial charge < -0.3 is 22.8 Å². The van der Waals surface area contributed by atoms with Crippen molar-refractivity contribution in [3.8, 4) is 0 Å². The molecule has 0 radical (unpaired) electrons. The second kappa shape index (κ2) is 10.7. The first kappa shape index (κ1) is 27.0. The van der Waals surface area contributed by atoms with E-state index in [0.29, 0.717) is 6.42 Å². The van der Waals surface area contributed by atoms with Crippen molar-refractivity contribution in [2.45, 2.75) is 98.3 Å². The zero-order chi connectivity index (χ0) is 22.2. The molecule has 0 bridgehead atoms. The molecule has 0 atom stereocenters. The lowest BCUT2D eigenvalue weighted by atomic mass is 10.0. The Balaban J connectivity index is 6.78. The molecule has 0 aromatic rings. The lowest BCUT2D eigenvalue weighted by Crippen LogP contribution is -2.64. The average Bonchev–Trinajstić information content (AvgIpc) is 2.49. The fourth-order valence-electron chi connectivity index (χ4n) is 2.86. The predicted molar refractivity (Wildman–Crippen MR) is 110 cm³/mol. The molecular formula is C20H40O7Si. The van der Waals surface area contributed by atoms with Crippen LogP contribution in [0.1, 0.15) is 82.1 Å². The maximum atomic E-state index is 13.5. The fourth-order valence-corrected chi connectivity index (χ4v) is 6.15. The van der Waals surface area contributed by atoms with Crippen molar-refractivity contribution in [3.63, 3.8) is 0 Å². The minimum Gasteiger partial charge on any atom is -0.459 e. The summed E-state index contributed by atoms with van der Waals surface area (Å²) in [6.45, 7) is 18.4. The molecule has 0 rings (SSSR count). The molecule has 28 heavy (non-hydrogen) atoms. The Morgan fingerprint density at radius 2 is 1.00 bits per heavy atom. The summed E-state index contributed by atoms with van der Waals surface area (Å²) >= 11 is 0. The molecule has 0 N–H and O–H groups in total. The Hall–Kier alpha value is -0.963. The lowest BCUT2D eigenvalue weighted by molar-refractivity contribution is -0.177. The molecule has 0 saturated heterocycles. The number of rotatable bonds is 11. The third-order valence-corrected chi connectivity index (χ3v) is 7.36. The van der Waals surface area contributed by atoms with Gasteiger partial charge in [0, 0.05) is 19.8 Å². The number of esters is 2. The standard InChI is InChI=1S/C20H40O7Si/c1-11-15-20(16(21)26-18(5,6)7,17(22)27-19(8,9)10)28(23-12-2,24-13-3)25-14-4/h11-15H2,1-10H3. The Morgan fingerprint density at radius 3 is 1.21 bits per heavy atom. The van der Waals surface area contributed by atoms with E-state index >= 15 is 0 Å². The molecule has 0 aromatic heterocycles. The Morgan fingerprint density at radius 1 is 0.679 bits per heavy atom. The second-order valence-electron chi connectivity index (χ2n) is 8.51. The first-order valence-corrected chi connectivity index (χ1v) is 11.9. The van der Waals surface area contributed by atoms with Crippen LogP contribution >= 0.6 is 0 Å². The Labute approximate surface area is 171 Å². The van der Waals surface area contributed by atoms with Gasteiger partial charge in [-0.1, -0.05) is 13.3 Å². The molecule has 0 saturated carbocycles. The van der Waals surface area contributed by atoms with E-state index in [1.54, 1.807) is 62.3 Å². The molecule has 0 spiro atoms. The van der Waals surface area contributed by atoms with Crippen LogP contribution in [0.25, 0.3) is 0 Å². The summed E-state index contributed by atoms with van der Waals surface area (Å²) in [5.74, 6) is -1.45. The van der Waals surface area contributed by atoms with E-state index in [1.807, 2.05) is 6.92 Å². The highest BCUT2D eigenvalue weighted by Gasteiger charge is 2.72. The number of hydrogen-bond donors (Lipinski definition) is 0. The van der Waals surface area contributed by atoms with E-state index in [9.17, 15) is 9.59 Å². The molecule has 0 aromatic carbocycles. The van der Waals surface area contributed by atoms with E-state index in [0.717, 1.165) is 0 Å². The molecule has 0 aliphatic carbocycles. The van der Waals surface area contributed by atoms with Gasteiger partial charge in [-0.15, -0.1) is 0 Å². The molecule has 0 unspecified atom stereocenters. The van der Waals surface area contributed by atoms with Gasteiger partial charge in [0.1, 0.15) is 11.2 Å². The summed E-state index contributed by atoms with van der Waals surface area (Å²) in [4.78, 5) is 27.1. The monoisotopic (exact) mass is 420 g/mol. The third-order valence-electron chi connectivity index (χ3n) is 3.65. The second-order valence-corrected chi connectivity index (χ2v) is 11.3. The maximum absolute atomic E-state index is 13.5. The Kier molecular flexibility index (Phi) is 10.3. The average molecular weight is 421 g/mol. The number of carbonyl (C=O) groups is 2. The van der Waals surface area contributed by atoms with E-state index < -0.39 is 37.0 Å². The van der Waals surface area contributed by atoms with E-state index in [2.05, 4.69) is 0 Å². The van der Waals surface area contributed by atoms with Gasteiger partial charge in [-0.25, -0.2) is 0 Å². The van der Waals surface area contributed by atoms with Gasteiger partial charge in [0.25, 0.3) is 0 Å². The van der Waals surface area contributed by atoms with Crippen molar-refractivity contribution in [1.82, 2.24) is 0 Å². The van der Waals surface area contributed by atoms with Gasteiger partial charge in [-0.05, 0) is 68.7 Å². The van der Waals surface area contributed by atoms with Gasteiger partial charge in [-0.3, -0.25) is 9.59 Å². The molecule has 0 fully saturated rings. The largest absolute Gasteiger partial charge is 0.530 e. The normalized spacial score (nSPS) is 13.4. The fraction of sp³-hybridized carbons (Fsp3) is 0.900. The van der Waals surface area contributed by atoms with Crippen molar-refractivity contribution < 1.29 is 32.3 Å². The van der Waals surface area contributed by atoms with Crippen molar-refractivity contribution >= 4 is 20.7 Å². The predicted octanol–water partition coefficient (Wildman–Crippen LogP) is 4.26. The summed E-state index contributed by atoms with van der Waals surface area (Å²) < 4.78 is 29.4. The maximum Gasteiger partial charge on any atom is 0.530 e. The molecule has 0 amide bonds. The smallest absolute Gasteiger partial charge is 0.459 e. The van der Waals surface area contributed by atoms with E-state index in [4.69, 9.17) is 22.8 Å². The van der Waals surface area contributed by atoms with Crippen LogP contribution in [0.4, 0.5) is 0 Å². The van der Waals surface area contributed by atoms with Crippen LogP contribution in [0.15, 0.2) is 0 Å². The summed E-state index contributed by atoms with van der Waals surface area (Å²) in [6, 6.07) is 0. The van der Waals surface area contributed by atoms with E-state index in [1.165, 1.54) is 0 Å². The molecule has 166 valence electrons. The first-order valence-electron chi connectivity index (χ1n) is 10.1. The number of carbonyl (C=O) groups excluding carboxylic acids is 2. The molecule has 0 aliphatic rings. The summed E-state index contributed by atoms with van der Waals surface area (Å²) in [5.41, 5.74) is -1.61. The van der Waals surface area contributed by atoms with Gasteiger partial charge in [-0.2, -0.15) is 0 Å². The van der Waals surface area contributed by atoms with Gasteiger partial charge in [0.15, 0.2) is 0 Å². The first-order chi connectivity index (χ1) is 12.7. The van der Waals surface area contributed by atoms with Crippen LogP contribution in [0, 0.1) is 0 Å². The molecule has 8 heteroatoms. The molecular weight excluding hydrogens is 380 g/mol. The van der Waals surface area contributed by atoms with Crippen molar-refractivity contribution in [2.24, 2.45) is 0 Å². The van der Waals surface area contributed by atoms with Crippen LogP contribution < -0.4 is 0 Å².